The molecule has 0 spiro atoms. The van der Waals surface area contributed by atoms with Gasteiger partial charge in [0.15, 0.2) is 0 Å². The van der Waals surface area contributed by atoms with Crippen LogP contribution in [0.4, 0.5) is 5.69 Å². The summed E-state index contributed by atoms with van der Waals surface area (Å²) in [7, 11) is 0. The molecular weight excluding hydrogens is 316 g/mol. The molecule has 0 fully saturated rings. The Bertz CT molecular complexity index is 1230. The predicted octanol–water partition coefficient (Wildman–Crippen LogP) is 6.03. The highest BCUT2D eigenvalue weighted by atomic mass is 15.0. The van der Waals surface area contributed by atoms with Crippen LogP contribution in [0.25, 0.3) is 38.6 Å². The molecule has 0 amide bonds. The van der Waals surface area contributed by atoms with Gasteiger partial charge in [-0.25, -0.2) is 0 Å². The summed E-state index contributed by atoms with van der Waals surface area (Å²) in [5, 5.41) is 2.52. The molecule has 0 aliphatic rings. The van der Waals surface area contributed by atoms with E-state index in [1.165, 1.54) is 21.8 Å². The van der Waals surface area contributed by atoms with Crippen molar-refractivity contribution in [3.63, 3.8) is 0 Å². The first-order valence-electron chi connectivity index (χ1n) is 8.76. The van der Waals surface area contributed by atoms with Crippen LogP contribution in [0.2, 0.25) is 0 Å². The molecule has 1 heterocycles. The summed E-state index contributed by atoms with van der Waals surface area (Å²) in [5.74, 6) is 0. The van der Waals surface area contributed by atoms with Gasteiger partial charge in [0.1, 0.15) is 0 Å². The number of aromatic nitrogens is 1. The van der Waals surface area contributed by atoms with Crippen molar-refractivity contribution < 1.29 is 0 Å². The monoisotopic (exact) mass is 334 g/mol. The zero-order valence-corrected chi connectivity index (χ0v) is 14.3. The third-order valence-corrected chi connectivity index (χ3v) is 4.96. The second-order valence-corrected chi connectivity index (χ2v) is 6.51. The summed E-state index contributed by atoms with van der Waals surface area (Å²) in [6.07, 6.45) is 0. The van der Waals surface area contributed by atoms with Gasteiger partial charge < -0.3 is 10.3 Å². The molecule has 0 unspecified atom stereocenters. The number of nitrogens with two attached hydrogens (primary N) is 1. The average molecular weight is 334 g/mol. The van der Waals surface area contributed by atoms with Gasteiger partial charge in [0.25, 0.3) is 0 Å². The smallest absolute Gasteiger partial charge is 0.0547 e. The average Bonchev–Trinajstić information content (AvgIpc) is 3.02. The van der Waals surface area contributed by atoms with Gasteiger partial charge in [-0.2, -0.15) is 0 Å². The third kappa shape index (κ3) is 2.20. The lowest BCUT2D eigenvalue weighted by molar-refractivity contribution is 1.18. The Morgan fingerprint density at radius 1 is 0.577 bits per heavy atom. The topological polar surface area (TPSA) is 30.9 Å². The van der Waals surface area contributed by atoms with Crippen LogP contribution >= 0.6 is 0 Å². The molecule has 4 aromatic carbocycles. The van der Waals surface area contributed by atoms with E-state index in [-0.39, 0.29) is 0 Å². The highest BCUT2D eigenvalue weighted by Gasteiger charge is 2.13. The van der Waals surface area contributed by atoms with E-state index in [4.69, 9.17) is 5.73 Å². The summed E-state index contributed by atoms with van der Waals surface area (Å²) in [6.45, 7) is 0. The van der Waals surface area contributed by atoms with Crippen LogP contribution in [0.5, 0.6) is 0 Å². The predicted molar refractivity (Wildman–Crippen MR) is 111 cm³/mol. The van der Waals surface area contributed by atoms with Gasteiger partial charge >= 0.3 is 0 Å². The number of para-hydroxylation sites is 3. The maximum atomic E-state index is 6.21. The zero-order chi connectivity index (χ0) is 17.5. The Hall–Kier alpha value is -3.52. The van der Waals surface area contributed by atoms with Gasteiger partial charge in [-0.15, -0.1) is 0 Å². The first-order valence-corrected chi connectivity index (χ1v) is 8.76. The van der Waals surface area contributed by atoms with Crippen LogP contribution in [0.3, 0.4) is 0 Å². The molecule has 0 saturated heterocycles. The van der Waals surface area contributed by atoms with Crippen LogP contribution in [0.15, 0.2) is 97.1 Å². The van der Waals surface area contributed by atoms with Crippen LogP contribution in [-0.4, -0.2) is 4.57 Å². The zero-order valence-electron chi connectivity index (χ0n) is 14.3. The van der Waals surface area contributed by atoms with Crippen LogP contribution in [0, 0.1) is 0 Å². The number of fused-ring (bicyclic) bond motifs is 3. The van der Waals surface area contributed by atoms with Crippen molar-refractivity contribution >= 4 is 27.5 Å². The van der Waals surface area contributed by atoms with E-state index in [9.17, 15) is 0 Å². The maximum absolute atomic E-state index is 6.21. The second-order valence-electron chi connectivity index (χ2n) is 6.51. The van der Waals surface area contributed by atoms with Gasteiger partial charge in [0.05, 0.1) is 11.0 Å². The standard InChI is InChI=1S/C24H18N2/c25-22-12-6-4-10-19(22)17-14-15-21-20-11-5-7-13-23(20)26(24(21)16-17)18-8-2-1-3-9-18/h1-16H,25H2. The highest BCUT2D eigenvalue weighted by molar-refractivity contribution is 6.10. The molecule has 2 N–H and O–H groups in total. The first-order chi connectivity index (χ1) is 12.8. The number of nitrogen functional groups attached to an aromatic ring is 1. The Kier molecular flexibility index (Phi) is 3.29. The second kappa shape index (κ2) is 5.78. The number of rotatable bonds is 2. The van der Waals surface area contributed by atoms with E-state index in [2.05, 4.69) is 77.4 Å². The van der Waals surface area contributed by atoms with Crippen molar-refractivity contribution in [2.24, 2.45) is 0 Å². The molecule has 0 radical (unpaired) electrons. The van der Waals surface area contributed by atoms with Crippen molar-refractivity contribution in [3.8, 4) is 16.8 Å². The summed E-state index contributed by atoms with van der Waals surface area (Å²) < 4.78 is 2.33. The largest absolute Gasteiger partial charge is 0.398 e. The quantitative estimate of drug-likeness (QED) is 0.392. The molecule has 2 nitrogen and oxygen atoms in total. The third-order valence-electron chi connectivity index (χ3n) is 4.96. The molecule has 5 aromatic rings. The maximum Gasteiger partial charge on any atom is 0.0547 e. The molecule has 0 aliphatic carbocycles. The molecule has 5 rings (SSSR count). The van der Waals surface area contributed by atoms with E-state index in [1.807, 2.05) is 24.3 Å². The summed E-state index contributed by atoms with van der Waals surface area (Å²) in [6, 6.07) is 33.7. The fourth-order valence-corrected chi connectivity index (χ4v) is 3.75. The number of benzene rings is 4. The summed E-state index contributed by atoms with van der Waals surface area (Å²) >= 11 is 0. The fraction of sp³-hybridized carbons (Fsp3) is 0. The molecule has 26 heavy (non-hydrogen) atoms. The van der Waals surface area contributed by atoms with Crippen molar-refractivity contribution in [3.05, 3.63) is 97.1 Å². The minimum atomic E-state index is 0.800. The van der Waals surface area contributed by atoms with Crippen LogP contribution in [0.1, 0.15) is 0 Å². The Labute approximate surface area is 152 Å². The van der Waals surface area contributed by atoms with Crippen molar-refractivity contribution in [1.82, 2.24) is 4.57 Å². The van der Waals surface area contributed by atoms with E-state index in [0.717, 1.165) is 22.5 Å². The van der Waals surface area contributed by atoms with Crippen LogP contribution < -0.4 is 5.73 Å². The molecule has 2 heteroatoms. The van der Waals surface area contributed by atoms with Gasteiger partial charge in [-0.1, -0.05) is 66.7 Å². The first kappa shape index (κ1) is 14.8. The lowest BCUT2D eigenvalue weighted by Gasteiger charge is -2.09. The minimum absolute atomic E-state index is 0.800. The molecule has 1 aromatic heterocycles. The molecule has 0 saturated carbocycles. The molecule has 0 aliphatic heterocycles. The van der Waals surface area contributed by atoms with E-state index < -0.39 is 0 Å². The SMILES string of the molecule is Nc1ccccc1-c1ccc2c3ccccc3n(-c3ccccc3)c2c1. The summed E-state index contributed by atoms with van der Waals surface area (Å²) in [5.41, 5.74) is 12.8. The number of nitrogens with zero attached hydrogens (tertiary/aromatic N) is 1. The normalized spacial score (nSPS) is 11.2. The van der Waals surface area contributed by atoms with Gasteiger partial charge in [-0.3, -0.25) is 0 Å². The van der Waals surface area contributed by atoms with E-state index in [0.29, 0.717) is 0 Å². The number of hydrogen-bond acceptors (Lipinski definition) is 1. The van der Waals surface area contributed by atoms with Crippen molar-refractivity contribution in [1.29, 1.82) is 0 Å². The lowest BCUT2D eigenvalue weighted by Crippen LogP contribution is -1.94. The van der Waals surface area contributed by atoms with Crippen molar-refractivity contribution in [2.45, 2.75) is 0 Å². The fourth-order valence-electron chi connectivity index (χ4n) is 3.75. The van der Waals surface area contributed by atoms with E-state index in [1.54, 1.807) is 0 Å². The molecular formula is C24H18N2. The minimum Gasteiger partial charge on any atom is -0.398 e. The van der Waals surface area contributed by atoms with Crippen molar-refractivity contribution in [2.75, 3.05) is 5.73 Å². The Morgan fingerprint density at radius 3 is 2.12 bits per heavy atom. The van der Waals surface area contributed by atoms with Gasteiger partial charge in [0, 0.05) is 27.7 Å². The number of anilines is 1. The molecule has 124 valence electrons. The summed E-state index contributed by atoms with van der Waals surface area (Å²) in [4.78, 5) is 0. The lowest BCUT2D eigenvalue weighted by atomic mass is 10.0. The Balaban J connectivity index is 1.88. The van der Waals surface area contributed by atoms with Gasteiger partial charge in [-0.05, 0) is 35.9 Å². The molecule has 0 atom stereocenters. The Morgan fingerprint density at radius 2 is 1.27 bits per heavy atom. The number of hydrogen-bond donors (Lipinski definition) is 1. The molecule has 0 bridgehead atoms. The van der Waals surface area contributed by atoms with Gasteiger partial charge in [0.2, 0.25) is 0 Å². The highest BCUT2D eigenvalue weighted by Crippen LogP contribution is 2.35. The van der Waals surface area contributed by atoms with E-state index >= 15 is 0 Å². The van der Waals surface area contributed by atoms with Crippen LogP contribution in [-0.2, 0) is 0 Å².